The van der Waals surface area contributed by atoms with Crippen LogP contribution in [0.15, 0.2) is 89.8 Å². The Labute approximate surface area is 226 Å². The molecule has 5 rings (SSSR count). The quantitative estimate of drug-likeness (QED) is 0.283. The largest absolute Gasteiger partial charge is 0.326 e. The van der Waals surface area contributed by atoms with Gasteiger partial charge >= 0.3 is 0 Å². The molecular formula is C29H27ClFN3O3S. The number of carbonyl (C=O) groups excluding carboxylic acids is 1. The second kappa shape index (κ2) is 11.1. The molecule has 0 unspecified atom stereocenters. The third-order valence-electron chi connectivity index (χ3n) is 6.87. The smallest absolute Gasteiger partial charge is 0.261 e. The van der Waals surface area contributed by atoms with Gasteiger partial charge in [0.05, 0.1) is 10.6 Å². The van der Waals surface area contributed by atoms with E-state index < -0.39 is 10.0 Å². The van der Waals surface area contributed by atoms with Crippen molar-refractivity contribution in [3.8, 4) is 0 Å². The van der Waals surface area contributed by atoms with Crippen LogP contribution >= 0.6 is 11.6 Å². The van der Waals surface area contributed by atoms with E-state index in [0.717, 1.165) is 10.8 Å². The first-order valence-electron chi connectivity index (χ1n) is 12.4. The van der Waals surface area contributed by atoms with Gasteiger partial charge in [0.2, 0.25) is 5.91 Å². The lowest BCUT2D eigenvalue weighted by atomic mass is 9.95. The Morgan fingerprint density at radius 3 is 2.34 bits per heavy atom. The first kappa shape index (κ1) is 26.2. The molecule has 196 valence electrons. The van der Waals surface area contributed by atoms with Gasteiger partial charge in [-0.25, -0.2) is 12.8 Å². The maximum absolute atomic E-state index is 14.1. The van der Waals surface area contributed by atoms with Crippen molar-refractivity contribution in [3.05, 3.63) is 101 Å². The molecule has 1 amide bonds. The molecule has 0 spiro atoms. The summed E-state index contributed by atoms with van der Waals surface area (Å²) in [7, 11) is -3.81. The van der Waals surface area contributed by atoms with Crippen LogP contribution in [0.4, 0.5) is 15.8 Å². The van der Waals surface area contributed by atoms with Crippen molar-refractivity contribution in [2.24, 2.45) is 5.92 Å². The van der Waals surface area contributed by atoms with Gasteiger partial charge in [0, 0.05) is 34.1 Å². The van der Waals surface area contributed by atoms with Crippen LogP contribution in [-0.2, 0) is 21.4 Å². The van der Waals surface area contributed by atoms with E-state index in [9.17, 15) is 17.6 Å². The van der Waals surface area contributed by atoms with Crippen LogP contribution in [0, 0.1) is 11.7 Å². The second-order valence-corrected chi connectivity index (χ2v) is 11.5. The van der Waals surface area contributed by atoms with E-state index in [1.165, 1.54) is 18.2 Å². The molecule has 1 fully saturated rings. The molecule has 1 saturated heterocycles. The third kappa shape index (κ3) is 5.83. The predicted octanol–water partition coefficient (Wildman–Crippen LogP) is 6.28. The van der Waals surface area contributed by atoms with Crippen LogP contribution in [0.5, 0.6) is 0 Å². The number of nitrogens with one attached hydrogen (secondary N) is 2. The minimum absolute atomic E-state index is 0.101. The highest BCUT2D eigenvalue weighted by Crippen LogP contribution is 2.27. The molecule has 0 radical (unpaired) electrons. The molecule has 1 aliphatic rings. The van der Waals surface area contributed by atoms with Gasteiger partial charge in [-0.05, 0) is 73.8 Å². The van der Waals surface area contributed by atoms with Gasteiger partial charge in [-0.3, -0.25) is 14.4 Å². The number of carbonyl (C=O) groups is 1. The second-order valence-electron chi connectivity index (χ2n) is 9.40. The van der Waals surface area contributed by atoms with Gasteiger partial charge < -0.3 is 5.32 Å². The minimum Gasteiger partial charge on any atom is -0.326 e. The highest BCUT2D eigenvalue weighted by Gasteiger charge is 2.26. The summed E-state index contributed by atoms with van der Waals surface area (Å²) < 4.78 is 42.8. The van der Waals surface area contributed by atoms with Crippen molar-refractivity contribution in [2.75, 3.05) is 23.1 Å². The zero-order valence-electron chi connectivity index (χ0n) is 20.5. The lowest BCUT2D eigenvalue weighted by molar-refractivity contribution is -0.121. The van der Waals surface area contributed by atoms with Crippen LogP contribution in [0.3, 0.4) is 0 Å². The topological polar surface area (TPSA) is 78.5 Å². The van der Waals surface area contributed by atoms with Crippen LogP contribution in [-0.4, -0.2) is 32.3 Å². The summed E-state index contributed by atoms with van der Waals surface area (Å²) >= 11 is 6.15. The average Bonchev–Trinajstić information content (AvgIpc) is 2.91. The fourth-order valence-electron chi connectivity index (χ4n) is 4.74. The summed E-state index contributed by atoms with van der Waals surface area (Å²) in [6, 6.07) is 23.8. The first-order valence-corrected chi connectivity index (χ1v) is 14.2. The lowest BCUT2D eigenvalue weighted by Crippen LogP contribution is -2.38. The Morgan fingerprint density at radius 1 is 0.921 bits per heavy atom. The first-order chi connectivity index (χ1) is 18.3. The predicted molar refractivity (Wildman–Crippen MR) is 149 cm³/mol. The number of hydrogen-bond acceptors (Lipinski definition) is 4. The standard InChI is InChI=1S/C29H27ClFN3O3S/c30-26-8-4-9-27(31)25(26)19-34-17-15-21(16-18-34)29(35)32-22-11-13-23(14-12-22)38(36,37)33-28-10-3-6-20-5-1-2-7-24(20)28/h1-14,21,33H,15-19H2,(H,32,35). The summed E-state index contributed by atoms with van der Waals surface area (Å²) in [6.07, 6.45) is 1.28. The fraction of sp³-hybridized carbons (Fsp3) is 0.207. The molecule has 0 atom stereocenters. The Bertz CT molecular complexity index is 1540. The van der Waals surface area contributed by atoms with Gasteiger partial charge in [0.15, 0.2) is 0 Å². The number of benzene rings is 4. The SMILES string of the molecule is O=C(Nc1ccc(S(=O)(=O)Nc2cccc3ccccc23)cc1)C1CCN(Cc2c(F)cccc2Cl)CC1. The molecule has 38 heavy (non-hydrogen) atoms. The molecule has 0 saturated carbocycles. The summed E-state index contributed by atoms with van der Waals surface area (Å²) in [5.41, 5.74) is 1.51. The van der Waals surface area contributed by atoms with Crippen molar-refractivity contribution >= 4 is 49.7 Å². The Morgan fingerprint density at radius 2 is 1.61 bits per heavy atom. The third-order valence-corrected chi connectivity index (χ3v) is 8.60. The van der Waals surface area contributed by atoms with Gasteiger partial charge in [0.25, 0.3) is 10.0 Å². The van der Waals surface area contributed by atoms with E-state index in [2.05, 4.69) is 14.9 Å². The monoisotopic (exact) mass is 551 g/mol. The number of nitrogens with zero attached hydrogens (tertiary/aromatic N) is 1. The zero-order valence-corrected chi connectivity index (χ0v) is 22.1. The molecule has 2 N–H and O–H groups in total. The number of piperidine rings is 1. The van der Waals surface area contributed by atoms with Crippen molar-refractivity contribution in [1.29, 1.82) is 0 Å². The molecule has 9 heteroatoms. The van der Waals surface area contributed by atoms with Gasteiger partial charge in [-0.15, -0.1) is 0 Å². The van der Waals surface area contributed by atoms with E-state index in [1.807, 2.05) is 30.3 Å². The lowest BCUT2D eigenvalue weighted by Gasteiger charge is -2.31. The maximum Gasteiger partial charge on any atom is 0.261 e. The van der Waals surface area contributed by atoms with E-state index in [4.69, 9.17) is 11.6 Å². The van der Waals surface area contributed by atoms with Gasteiger partial charge in [0.1, 0.15) is 5.82 Å². The van der Waals surface area contributed by atoms with Gasteiger partial charge in [-0.2, -0.15) is 0 Å². The number of sulfonamides is 1. The van der Waals surface area contributed by atoms with Crippen molar-refractivity contribution in [1.82, 2.24) is 4.90 Å². The Kier molecular flexibility index (Phi) is 7.65. The van der Waals surface area contributed by atoms with Crippen LogP contribution < -0.4 is 10.0 Å². The molecule has 0 bridgehead atoms. The molecule has 1 heterocycles. The summed E-state index contributed by atoms with van der Waals surface area (Å²) in [6.45, 7) is 1.71. The number of amides is 1. The van der Waals surface area contributed by atoms with E-state index in [1.54, 1.807) is 36.4 Å². The number of likely N-dealkylation sites (tertiary alicyclic amines) is 1. The Balaban J connectivity index is 1.18. The number of hydrogen-bond donors (Lipinski definition) is 2. The number of rotatable bonds is 7. The Hall–Kier alpha value is -3.46. The summed E-state index contributed by atoms with van der Waals surface area (Å²) in [5, 5.41) is 5.05. The number of halogens is 2. The highest BCUT2D eigenvalue weighted by molar-refractivity contribution is 7.92. The normalized spacial score (nSPS) is 14.9. The van der Waals surface area contributed by atoms with Crippen LogP contribution in [0.1, 0.15) is 18.4 Å². The molecule has 0 aliphatic carbocycles. The molecular weight excluding hydrogens is 525 g/mol. The molecule has 4 aromatic rings. The van der Waals surface area contributed by atoms with Crippen molar-refractivity contribution in [2.45, 2.75) is 24.3 Å². The fourth-order valence-corrected chi connectivity index (χ4v) is 6.04. The average molecular weight is 552 g/mol. The molecule has 0 aromatic heterocycles. The molecule has 6 nitrogen and oxygen atoms in total. The molecule has 1 aliphatic heterocycles. The summed E-state index contributed by atoms with van der Waals surface area (Å²) in [4.78, 5) is 15.0. The van der Waals surface area contributed by atoms with Crippen molar-refractivity contribution in [3.63, 3.8) is 0 Å². The van der Waals surface area contributed by atoms with E-state index in [0.29, 0.717) is 54.4 Å². The minimum atomic E-state index is -3.81. The van der Waals surface area contributed by atoms with Gasteiger partial charge in [-0.1, -0.05) is 54.1 Å². The number of fused-ring (bicyclic) bond motifs is 1. The summed E-state index contributed by atoms with van der Waals surface area (Å²) in [5.74, 6) is -0.619. The maximum atomic E-state index is 14.1. The zero-order chi connectivity index (χ0) is 26.7. The van der Waals surface area contributed by atoms with Crippen molar-refractivity contribution < 1.29 is 17.6 Å². The van der Waals surface area contributed by atoms with E-state index >= 15 is 0 Å². The van der Waals surface area contributed by atoms with Crippen LogP contribution in [0.25, 0.3) is 10.8 Å². The number of anilines is 2. The van der Waals surface area contributed by atoms with E-state index in [-0.39, 0.29) is 22.5 Å². The van der Waals surface area contributed by atoms with Crippen LogP contribution in [0.2, 0.25) is 5.02 Å². The molecule has 4 aromatic carbocycles. The highest BCUT2D eigenvalue weighted by atomic mass is 35.5.